The van der Waals surface area contributed by atoms with Gasteiger partial charge in [0, 0.05) is 17.1 Å². The highest BCUT2D eigenvalue weighted by Gasteiger charge is 2.16. The third kappa shape index (κ3) is 6.53. The van der Waals surface area contributed by atoms with Crippen molar-refractivity contribution in [3.05, 3.63) is 224 Å². The van der Waals surface area contributed by atoms with Crippen LogP contribution in [0.5, 0.6) is 0 Å². The smallest absolute Gasteiger partial charge is 0.0645 e. The molecule has 0 bridgehead atoms. The van der Waals surface area contributed by atoms with Crippen molar-refractivity contribution >= 4 is 27.8 Å². The fourth-order valence-corrected chi connectivity index (χ4v) is 6.52. The largest absolute Gasteiger partial charge is 0.311 e. The molecule has 0 aliphatic heterocycles. The summed E-state index contributed by atoms with van der Waals surface area (Å²) >= 11 is 0. The Morgan fingerprint density at radius 2 is 0.774 bits per heavy atom. The molecule has 0 spiro atoms. The lowest BCUT2D eigenvalue weighted by atomic mass is 9.90. The second-order valence-corrected chi connectivity index (χ2v) is 12.3. The molecule has 0 amide bonds. The zero-order valence-electron chi connectivity index (χ0n) is 41.3. The molecular weight excluding hydrogens is 639 g/mol. The van der Waals surface area contributed by atoms with E-state index in [1.807, 2.05) is 115 Å². The van der Waals surface area contributed by atoms with E-state index in [1.165, 1.54) is 4.90 Å². The maximum absolute atomic E-state index is 9.65. The topological polar surface area (TPSA) is 3.24 Å². The molecule has 0 unspecified atom stereocenters. The van der Waals surface area contributed by atoms with Crippen LogP contribution in [0.2, 0.25) is 0 Å². The second-order valence-electron chi connectivity index (χ2n) is 12.3. The van der Waals surface area contributed by atoms with E-state index in [1.54, 1.807) is 30.3 Å². The van der Waals surface area contributed by atoms with Crippen molar-refractivity contribution in [2.75, 3.05) is 4.90 Å². The Balaban J connectivity index is 1.28. The van der Waals surface area contributed by atoms with E-state index in [9.17, 15) is 11.0 Å². The van der Waals surface area contributed by atoms with Crippen LogP contribution in [0.1, 0.15) is 17.8 Å². The maximum Gasteiger partial charge on any atom is 0.0645 e. The lowest BCUT2D eigenvalue weighted by Crippen LogP contribution is -2.09. The minimum atomic E-state index is -0.736. The lowest BCUT2D eigenvalue weighted by Gasteiger charge is -2.26. The molecular formula is C52H37N. The van der Waals surface area contributed by atoms with E-state index in [2.05, 4.69) is 0 Å². The van der Waals surface area contributed by atoms with Gasteiger partial charge in [-0.3, -0.25) is 0 Å². The van der Waals surface area contributed by atoms with Crippen LogP contribution in [0, 0.1) is 0 Å². The highest BCUT2D eigenvalue weighted by Crippen LogP contribution is 2.41. The quantitative estimate of drug-likeness (QED) is 0.154. The van der Waals surface area contributed by atoms with Gasteiger partial charge in [-0.05, 0) is 103 Å². The fourth-order valence-electron chi connectivity index (χ4n) is 6.52. The van der Waals surface area contributed by atoms with Gasteiger partial charge < -0.3 is 4.90 Å². The predicted molar refractivity (Wildman–Crippen MR) is 226 cm³/mol. The van der Waals surface area contributed by atoms with Gasteiger partial charge >= 0.3 is 0 Å². The first kappa shape index (κ1) is 20.8. The average molecular weight is 689 g/mol. The monoisotopic (exact) mass is 688 g/mol. The van der Waals surface area contributed by atoms with E-state index in [0.717, 1.165) is 38.6 Å². The van der Waals surface area contributed by atoms with Crippen LogP contribution in [0.3, 0.4) is 0 Å². The summed E-state index contributed by atoms with van der Waals surface area (Å²) < 4.78 is 118. The van der Waals surface area contributed by atoms with Gasteiger partial charge in [-0.1, -0.05) is 188 Å². The summed E-state index contributed by atoms with van der Waals surface area (Å²) in [7, 11) is 0. The van der Waals surface area contributed by atoms with Crippen LogP contribution < -0.4 is 4.90 Å². The molecule has 1 heteroatoms. The molecule has 9 aromatic rings. The third-order valence-electron chi connectivity index (χ3n) is 9.13. The van der Waals surface area contributed by atoms with Gasteiger partial charge in [-0.25, -0.2) is 0 Å². The third-order valence-corrected chi connectivity index (χ3v) is 9.13. The number of rotatable bonds is 8. The molecule has 0 radical (unpaired) electrons. The Hall–Kier alpha value is -6.96. The summed E-state index contributed by atoms with van der Waals surface area (Å²) in [4.78, 5) is 1.18. The van der Waals surface area contributed by atoms with Crippen LogP contribution in [-0.2, 0) is 0 Å². The number of hydrogen-bond donors (Lipinski definition) is 0. The highest BCUT2D eigenvalue weighted by molar-refractivity contribution is 6.04. The summed E-state index contributed by atoms with van der Waals surface area (Å²) in [5.74, 6) is 0. The molecule has 250 valence electrons. The number of hydrogen-bond acceptors (Lipinski definition) is 1. The molecule has 0 heterocycles. The van der Waals surface area contributed by atoms with Gasteiger partial charge in [-0.15, -0.1) is 0 Å². The molecule has 0 fully saturated rings. The summed E-state index contributed by atoms with van der Waals surface area (Å²) in [5.41, 5.74) is 4.01. The molecule has 0 aliphatic carbocycles. The minimum absolute atomic E-state index is 0.0173. The highest BCUT2D eigenvalue weighted by atomic mass is 15.1. The van der Waals surface area contributed by atoms with Crippen molar-refractivity contribution in [1.82, 2.24) is 0 Å². The summed E-state index contributed by atoms with van der Waals surface area (Å²) in [5, 5.41) is 1.74. The molecule has 0 N–H and O–H groups in total. The number of anilines is 3. The molecule has 0 aliphatic rings. The molecule has 0 aromatic heterocycles. The van der Waals surface area contributed by atoms with Crippen molar-refractivity contribution in [1.29, 1.82) is 0 Å². The Kier molecular flexibility index (Phi) is 5.62. The van der Waals surface area contributed by atoms with Crippen molar-refractivity contribution in [2.24, 2.45) is 0 Å². The first-order valence-corrected chi connectivity index (χ1v) is 17.1. The molecule has 0 atom stereocenters. The average Bonchev–Trinajstić information content (AvgIpc) is 3.35. The van der Waals surface area contributed by atoms with Crippen molar-refractivity contribution in [3.63, 3.8) is 0 Å². The first-order valence-electron chi connectivity index (χ1n) is 23.6. The normalized spacial score (nSPS) is 14.5. The Morgan fingerprint density at radius 3 is 1.38 bits per heavy atom. The maximum atomic E-state index is 9.65. The minimum Gasteiger partial charge on any atom is -0.311 e. The van der Waals surface area contributed by atoms with Crippen molar-refractivity contribution in [3.8, 4) is 55.6 Å². The van der Waals surface area contributed by atoms with Crippen LogP contribution >= 0.6 is 0 Å². The van der Waals surface area contributed by atoms with E-state index in [-0.39, 0.29) is 16.9 Å². The zero-order valence-corrected chi connectivity index (χ0v) is 28.3. The second kappa shape index (κ2) is 14.3. The van der Waals surface area contributed by atoms with Gasteiger partial charge in [0.25, 0.3) is 0 Å². The van der Waals surface area contributed by atoms with Gasteiger partial charge in [0.15, 0.2) is 0 Å². The van der Waals surface area contributed by atoms with Crippen LogP contribution in [0.4, 0.5) is 17.1 Å². The van der Waals surface area contributed by atoms with Gasteiger partial charge in [0.1, 0.15) is 0 Å². The van der Waals surface area contributed by atoms with Crippen LogP contribution in [-0.4, -0.2) is 0 Å². The molecule has 0 saturated carbocycles. The number of fused-ring (bicyclic) bond motifs is 1. The van der Waals surface area contributed by atoms with Gasteiger partial charge in [0.05, 0.1) is 17.8 Å². The van der Waals surface area contributed by atoms with E-state index in [0.29, 0.717) is 11.1 Å². The van der Waals surface area contributed by atoms with Crippen LogP contribution in [0.15, 0.2) is 224 Å². The van der Waals surface area contributed by atoms with Crippen molar-refractivity contribution in [2.45, 2.75) is 0 Å². The SMILES string of the molecule is [2H]c1c([2H])c([2H])c(-c2c([2H])c([2H])c(N(c3ccc(-c4ccc(-c5ccccc5)cc4)cc3)c3c([2H])c([2H])c(-c4ccc5ccccc5c4-c4ccccc4)c([2H])c3[2H])c([2H])c2[2H])c([2H])c1[2H]. The zero-order chi connectivity index (χ0) is 46.7. The fraction of sp³-hybridized carbons (Fsp3) is 0. The summed E-state index contributed by atoms with van der Waals surface area (Å²) in [6, 6.07) is 37.1. The molecule has 1 nitrogen and oxygen atoms in total. The van der Waals surface area contributed by atoms with Gasteiger partial charge in [-0.2, -0.15) is 0 Å². The first-order chi connectivity index (χ1) is 31.7. The Bertz CT molecular complexity index is 3290. The number of benzene rings is 9. The predicted octanol–water partition coefficient (Wildman–Crippen LogP) is 14.6. The molecule has 0 saturated heterocycles. The molecule has 9 aromatic carbocycles. The van der Waals surface area contributed by atoms with E-state index < -0.39 is 95.4 Å². The Labute approximate surface area is 330 Å². The standard InChI is InChI=1S/C52H37N/c1-4-12-38(13-5-1)40-20-22-41(23-21-40)43-26-33-48(34-27-43)53(47-31-24-42(25-32-47)39-14-6-2-7-15-39)49-35-28-45(29-36-49)51-37-30-44-16-10-11-19-50(44)52(51)46-17-8-3-9-18-46/h1-37H/i2D,6D,7D,14D,15D,24D,25D,28D,29D,31D,32D,35D,36D. The van der Waals surface area contributed by atoms with Crippen LogP contribution in [0.25, 0.3) is 66.4 Å². The van der Waals surface area contributed by atoms with E-state index >= 15 is 0 Å². The van der Waals surface area contributed by atoms with Crippen molar-refractivity contribution < 1.29 is 17.8 Å². The number of nitrogens with zero attached hydrogens (tertiary/aromatic N) is 1. The molecule has 9 rings (SSSR count). The summed E-state index contributed by atoms with van der Waals surface area (Å²) in [6.45, 7) is 0. The summed E-state index contributed by atoms with van der Waals surface area (Å²) in [6.07, 6.45) is 0. The Morgan fingerprint density at radius 1 is 0.302 bits per heavy atom. The van der Waals surface area contributed by atoms with E-state index in [4.69, 9.17) is 6.85 Å². The molecule has 53 heavy (non-hydrogen) atoms. The lowest BCUT2D eigenvalue weighted by molar-refractivity contribution is 1.28. The van der Waals surface area contributed by atoms with Gasteiger partial charge in [0.2, 0.25) is 0 Å².